The van der Waals surface area contributed by atoms with Gasteiger partial charge in [0, 0.05) is 12.6 Å². The summed E-state index contributed by atoms with van der Waals surface area (Å²) >= 11 is 6.00. The monoisotopic (exact) mass is 330 g/mol. The largest absolute Gasteiger partial charge is 0.465 e. The van der Waals surface area contributed by atoms with Crippen molar-refractivity contribution < 1.29 is 14.0 Å². The maximum atomic E-state index is 12.3. The Labute approximate surface area is 138 Å². The van der Waals surface area contributed by atoms with Crippen LogP contribution in [0.2, 0.25) is 5.02 Å². The molecular formula is C17H15ClN2O3. The first kappa shape index (κ1) is 16.6. The zero-order valence-electron chi connectivity index (χ0n) is 12.2. The number of benzene rings is 1. The number of amides is 2. The molecule has 0 radical (unpaired) electrons. The Balaban J connectivity index is 2.24. The molecule has 0 atom stereocenters. The molecule has 118 valence electrons. The summed E-state index contributed by atoms with van der Waals surface area (Å²) in [6.07, 6.45) is 4.45. The highest BCUT2D eigenvalue weighted by Crippen LogP contribution is 2.15. The van der Waals surface area contributed by atoms with Crippen molar-refractivity contribution in [3.63, 3.8) is 0 Å². The molecule has 0 bridgehead atoms. The van der Waals surface area contributed by atoms with Crippen molar-refractivity contribution in [3.05, 3.63) is 77.4 Å². The Morgan fingerprint density at radius 1 is 1.22 bits per heavy atom. The summed E-state index contributed by atoms with van der Waals surface area (Å²) in [4.78, 5) is 24.5. The highest BCUT2D eigenvalue weighted by molar-refractivity contribution is 6.34. The van der Waals surface area contributed by atoms with Crippen LogP contribution in [0.25, 0.3) is 6.08 Å². The molecule has 0 aliphatic carbocycles. The molecular weight excluding hydrogens is 316 g/mol. The number of carbonyl (C=O) groups excluding carboxylic acids is 2. The first-order chi connectivity index (χ1) is 11.1. The minimum atomic E-state index is -0.484. The van der Waals surface area contributed by atoms with Crippen LogP contribution in [-0.4, -0.2) is 18.4 Å². The van der Waals surface area contributed by atoms with E-state index in [-0.39, 0.29) is 17.8 Å². The second kappa shape index (κ2) is 8.00. The van der Waals surface area contributed by atoms with E-state index in [1.165, 1.54) is 18.4 Å². The van der Waals surface area contributed by atoms with Crippen molar-refractivity contribution in [2.45, 2.75) is 0 Å². The summed E-state index contributed by atoms with van der Waals surface area (Å²) < 4.78 is 5.18. The summed E-state index contributed by atoms with van der Waals surface area (Å²) in [5.74, 6) is -0.503. The maximum absolute atomic E-state index is 12.3. The average Bonchev–Trinajstić information content (AvgIpc) is 3.05. The van der Waals surface area contributed by atoms with E-state index in [1.807, 2.05) is 0 Å². The topological polar surface area (TPSA) is 71.3 Å². The van der Waals surface area contributed by atoms with Gasteiger partial charge in [0.1, 0.15) is 11.5 Å². The molecule has 0 unspecified atom stereocenters. The van der Waals surface area contributed by atoms with Gasteiger partial charge in [0.25, 0.3) is 11.8 Å². The van der Waals surface area contributed by atoms with Gasteiger partial charge in [0.15, 0.2) is 0 Å². The van der Waals surface area contributed by atoms with Crippen molar-refractivity contribution in [2.24, 2.45) is 0 Å². The van der Waals surface area contributed by atoms with Gasteiger partial charge in [-0.3, -0.25) is 9.59 Å². The lowest BCUT2D eigenvalue weighted by atomic mass is 10.2. The van der Waals surface area contributed by atoms with Crippen molar-refractivity contribution >= 4 is 29.5 Å². The smallest absolute Gasteiger partial charge is 0.268 e. The maximum Gasteiger partial charge on any atom is 0.268 e. The minimum Gasteiger partial charge on any atom is -0.465 e. The normalized spacial score (nSPS) is 10.9. The van der Waals surface area contributed by atoms with Crippen LogP contribution in [-0.2, 0) is 4.79 Å². The Hall–Kier alpha value is -2.79. The van der Waals surface area contributed by atoms with Gasteiger partial charge in [-0.2, -0.15) is 0 Å². The summed E-state index contributed by atoms with van der Waals surface area (Å²) in [5.41, 5.74) is 0.322. The summed E-state index contributed by atoms with van der Waals surface area (Å²) in [5, 5.41) is 5.45. The van der Waals surface area contributed by atoms with E-state index >= 15 is 0 Å². The second-order valence-electron chi connectivity index (χ2n) is 4.51. The van der Waals surface area contributed by atoms with Crippen molar-refractivity contribution in [2.75, 3.05) is 6.54 Å². The second-order valence-corrected chi connectivity index (χ2v) is 4.91. The van der Waals surface area contributed by atoms with Crippen LogP contribution in [0.5, 0.6) is 0 Å². The Kier molecular flexibility index (Phi) is 5.77. The van der Waals surface area contributed by atoms with Crippen molar-refractivity contribution in [1.82, 2.24) is 10.6 Å². The molecule has 2 rings (SSSR count). The third-order valence-electron chi connectivity index (χ3n) is 2.85. The van der Waals surface area contributed by atoms with E-state index in [0.29, 0.717) is 10.8 Å². The SMILES string of the molecule is C=CCNC(=O)/C(=C\c1ccco1)NC(=O)c1ccccc1Cl. The fraction of sp³-hybridized carbons (Fsp3) is 0.0588. The summed E-state index contributed by atoms with van der Waals surface area (Å²) in [6.45, 7) is 3.80. The van der Waals surface area contributed by atoms with Gasteiger partial charge in [-0.05, 0) is 24.3 Å². The molecule has 0 saturated heterocycles. The van der Waals surface area contributed by atoms with Gasteiger partial charge < -0.3 is 15.1 Å². The number of furan rings is 1. The third kappa shape index (κ3) is 4.59. The van der Waals surface area contributed by atoms with E-state index in [9.17, 15) is 9.59 Å². The molecule has 23 heavy (non-hydrogen) atoms. The fourth-order valence-corrected chi connectivity index (χ4v) is 1.99. The fourth-order valence-electron chi connectivity index (χ4n) is 1.77. The molecule has 1 aromatic carbocycles. The van der Waals surface area contributed by atoms with E-state index in [0.717, 1.165) is 0 Å². The predicted molar refractivity (Wildman–Crippen MR) is 88.8 cm³/mol. The number of carbonyl (C=O) groups is 2. The zero-order valence-corrected chi connectivity index (χ0v) is 13.0. The average molecular weight is 331 g/mol. The minimum absolute atomic E-state index is 0.0479. The molecule has 0 spiro atoms. The van der Waals surface area contributed by atoms with Gasteiger partial charge in [0.05, 0.1) is 16.8 Å². The number of hydrogen-bond acceptors (Lipinski definition) is 3. The molecule has 0 fully saturated rings. The lowest BCUT2D eigenvalue weighted by Crippen LogP contribution is -2.35. The molecule has 0 saturated carbocycles. The molecule has 0 aliphatic rings. The van der Waals surface area contributed by atoms with Crippen LogP contribution in [0.3, 0.4) is 0 Å². The Bertz CT molecular complexity index is 736. The molecule has 2 amide bonds. The standard InChI is InChI=1S/C17H15ClN2O3/c1-2-9-19-17(22)15(11-12-6-5-10-23-12)20-16(21)13-7-3-4-8-14(13)18/h2-8,10-11H,1,9H2,(H,19,22)(H,20,21)/b15-11+. The summed E-state index contributed by atoms with van der Waals surface area (Å²) in [7, 11) is 0. The van der Waals surface area contributed by atoms with E-state index in [1.54, 1.807) is 36.4 Å². The molecule has 1 aromatic heterocycles. The van der Waals surface area contributed by atoms with Gasteiger partial charge in [-0.15, -0.1) is 6.58 Å². The van der Waals surface area contributed by atoms with Gasteiger partial charge >= 0.3 is 0 Å². The number of rotatable bonds is 6. The van der Waals surface area contributed by atoms with Gasteiger partial charge in [0.2, 0.25) is 0 Å². The van der Waals surface area contributed by atoms with Crippen LogP contribution in [0, 0.1) is 0 Å². The van der Waals surface area contributed by atoms with Crippen molar-refractivity contribution in [3.8, 4) is 0 Å². The molecule has 2 N–H and O–H groups in total. The quantitative estimate of drug-likeness (QED) is 0.631. The number of halogens is 1. The number of nitrogens with one attached hydrogen (secondary N) is 2. The van der Waals surface area contributed by atoms with Gasteiger partial charge in [-0.25, -0.2) is 0 Å². The molecule has 5 nitrogen and oxygen atoms in total. The van der Waals surface area contributed by atoms with E-state index < -0.39 is 11.8 Å². The molecule has 6 heteroatoms. The van der Waals surface area contributed by atoms with E-state index in [2.05, 4.69) is 17.2 Å². The van der Waals surface area contributed by atoms with Crippen LogP contribution in [0.4, 0.5) is 0 Å². The zero-order chi connectivity index (χ0) is 16.7. The Morgan fingerprint density at radius 2 is 2.00 bits per heavy atom. The van der Waals surface area contributed by atoms with Crippen LogP contribution in [0.15, 0.2) is 65.4 Å². The highest BCUT2D eigenvalue weighted by Gasteiger charge is 2.16. The molecule has 1 heterocycles. The molecule has 2 aromatic rings. The predicted octanol–water partition coefficient (Wildman–Crippen LogP) is 3.01. The summed E-state index contributed by atoms with van der Waals surface area (Å²) in [6, 6.07) is 9.93. The molecule has 0 aliphatic heterocycles. The first-order valence-electron chi connectivity index (χ1n) is 6.82. The van der Waals surface area contributed by atoms with Crippen LogP contribution >= 0.6 is 11.6 Å². The highest BCUT2D eigenvalue weighted by atomic mass is 35.5. The number of hydrogen-bond donors (Lipinski definition) is 2. The lowest BCUT2D eigenvalue weighted by molar-refractivity contribution is -0.117. The Morgan fingerprint density at radius 3 is 2.65 bits per heavy atom. The first-order valence-corrected chi connectivity index (χ1v) is 7.20. The van der Waals surface area contributed by atoms with Gasteiger partial charge in [-0.1, -0.05) is 29.8 Å². The van der Waals surface area contributed by atoms with Crippen LogP contribution in [0.1, 0.15) is 16.1 Å². The third-order valence-corrected chi connectivity index (χ3v) is 3.18. The van der Waals surface area contributed by atoms with Crippen LogP contribution < -0.4 is 10.6 Å². The van der Waals surface area contributed by atoms with Crippen molar-refractivity contribution in [1.29, 1.82) is 0 Å². The van der Waals surface area contributed by atoms with E-state index in [4.69, 9.17) is 16.0 Å². The lowest BCUT2D eigenvalue weighted by Gasteiger charge is -2.10.